The Morgan fingerprint density at radius 3 is 2.21 bits per heavy atom. The highest BCUT2D eigenvalue weighted by Gasteiger charge is 2.08. The van der Waals surface area contributed by atoms with Crippen LogP contribution in [0.2, 0.25) is 5.02 Å². The van der Waals surface area contributed by atoms with Crippen molar-refractivity contribution in [2.75, 3.05) is 14.2 Å². The van der Waals surface area contributed by atoms with Gasteiger partial charge in [0.2, 0.25) is 0 Å². The molecule has 9 heteroatoms. The largest absolute Gasteiger partial charge is 0.497 e. The van der Waals surface area contributed by atoms with Crippen LogP contribution in [0.25, 0.3) is 0 Å². The number of rotatable bonds is 8. The zero-order valence-electron chi connectivity index (χ0n) is 15.3. The lowest BCUT2D eigenvalue weighted by Crippen LogP contribution is -2.13. The first-order valence-corrected chi connectivity index (χ1v) is 10.6. The van der Waals surface area contributed by atoms with E-state index in [4.69, 9.17) is 21.1 Å². The number of thioether (sulfide) groups is 2. The molecule has 0 saturated heterocycles. The molecule has 0 atom stereocenters. The molecule has 0 amide bonds. The molecule has 0 saturated carbocycles. The maximum absolute atomic E-state index is 11.9. The van der Waals surface area contributed by atoms with Crippen LogP contribution in [0.3, 0.4) is 0 Å². The van der Waals surface area contributed by atoms with Crippen LogP contribution >= 0.6 is 35.1 Å². The lowest BCUT2D eigenvalue weighted by molar-refractivity contribution is 0.393. The number of hydrogen-bond acceptors (Lipinski definition) is 7. The van der Waals surface area contributed by atoms with Crippen LogP contribution in [0, 0.1) is 0 Å². The summed E-state index contributed by atoms with van der Waals surface area (Å²) in [5, 5.41) is 1.64. The highest BCUT2D eigenvalue weighted by Crippen LogP contribution is 2.27. The van der Waals surface area contributed by atoms with E-state index in [0.717, 1.165) is 11.1 Å². The number of aromatic nitrogens is 3. The Kier molecular flexibility index (Phi) is 7.24. The van der Waals surface area contributed by atoms with E-state index in [-0.39, 0.29) is 0 Å². The number of methoxy groups -OCH3 is 2. The van der Waals surface area contributed by atoms with Gasteiger partial charge >= 0.3 is 5.69 Å². The van der Waals surface area contributed by atoms with Gasteiger partial charge in [-0.2, -0.15) is 9.97 Å². The summed E-state index contributed by atoms with van der Waals surface area (Å²) in [6.45, 7) is 0. The summed E-state index contributed by atoms with van der Waals surface area (Å²) in [4.78, 5) is 22.9. The van der Waals surface area contributed by atoms with E-state index in [2.05, 4.69) is 15.0 Å². The Morgan fingerprint density at radius 2 is 1.57 bits per heavy atom. The van der Waals surface area contributed by atoms with E-state index >= 15 is 0 Å². The minimum Gasteiger partial charge on any atom is -0.497 e. The molecule has 0 aliphatic rings. The van der Waals surface area contributed by atoms with Crippen molar-refractivity contribution in [3.63, 3.8) is 0 Å². The molecule has 1 heterocycles. The second kappa shape index (κ2) is 9.86. The van der Waals surface area contributed by atoms with Gasteiger partial charge in [-0.1, -0.05) is 47.3 Å². The topological polar surface area (TPSA) is 77.1 Å². The third-order valence-corrected chi connectivity index (χ3v) is 5.79. The molecule has 0 aliphatic carbocycles. The molecule has 1 N–H and O–H groups in total. The zero-order valence-corrected chi connectivity index (χ0v) is 17.7. The zero-order chi connectivity index (χ0) is 19.9. The predicted octanol–water partition coefficient (Wildman–Crippen LogP) is 4.42. The number of nitrogens with zero attached hydrogens (tertiary/aromatic N) is 2. The smallest absolute Gasteiger partial charge is 0.349 e. The van der Waals surface area contributed by atoms with E-state index < -0.39 is 5.69 Å². The average Bonchev–Trinajstić information content (AvgIpc) is 2.71. The molecule has 28 heavy (non-hydrogen) atoms. The van der Waals surface area contributed by atoms with Gasteiger partial charge in [0.15, 0.2) is 10.3 Å². The van der Waals surface area contributed by atoms with Gasteiger partial charge in [0.1, 0.15) is 11.5 Å². The minimum atomic E-state index is -0.417. The number of hydrogen-bond donors (Lipinski definition) is 1. The molecule has 2 aromatic carbocycles. The third-order valence-electron chi connectivity index (χ3n) is 3.68. The number of halogens is 1. The standard InChI is InChI=1S/C19H18ClN3O3S2/c1-25-15-7-13(8-16(9-15)26-2)11-28-19-22-17(24)21-18(23-19)27-10-12-3-5-14(20)6-4-12/h3-9H,10-11H2,1-2H3,(H,21,22,23,24). The molecule has 0 spiro atoms. The van der Waals surface area contributed by atoms with Crippen LogP contribution < -0.4 is 15.2 Å². The lowest BCUT2D eigenvalue weighted by Gasteiger charge is -2.08. The van der Waals surface area contributed by atoms with Gasteiger partial charge in [0, 0.05) is 22.6 Å². The molecule has 0 radical (unpaired) electrons. The highest BCUT2D eigenvalue weighted by molar-refractivity contribution is 7.99. The van der Waals surface area contributed by atoms with Crippen molar-refractivity contribution in [2.45, 2.75) is 21.8 Å². The van der Waals surface area contributed by atoms with Crippen LogP contribution in [0.15, 0.2) is 57.6 Å². The van der Waals surface area contributed by atoms with Crippen molar-refractivity contribution in [1.82, 2.24) is 15.0 Å². The van der Waals surface area contributed by atoms with Crippen LogP contribution in [0.1, 0.15) is 11.1 Å². The molecule has 3 aromatic rings. The predicted molar refractivity (Wildman–Crippen MR) is 113 cm³/mol. The second-order valence-corrected chi connectivity index (χ2v) is 8.01. The Balaban J connectivity index is 1.68. The van der Waals surface area contributed by atoms with E-state index in [1.807, 2.05) is 42.5 Å². The van der Waals surface area contributed by atoms with Crippen molar-refractivity contribution < 1.29 is 9.47 Å². The van der Waals surface area contributed by atoms with Crippen LogP contribution in [-0.4, -0.2) is 29.2 Å². The van der Waals surface area contributed by atoms with Gasteiger partial charge in [0.05, 0.1) is 14.2 Å². The van der Waals surface area contributed by atoms with Crippen LogP contribution in [0.4, 0.5) is 0 Å². The first-order valence-electron chi connectivity index (χ1n) is 8.26. The summed E-state index contributed by atoms with van der Waals surface area (Å²) in [7, 11) is 3.21. The molecule has 0 unspecified atom stereocenters. The molecule has 0 aliphatic heterocycles. The quantitative estimate of drug-likeness (QED) is 0.524. The Labute approximate surface area is 176 Å². The van der Waals surface area contributed by atoms with Crippen LogP contribution in [0.5, 0.6) is 11.5 Å². The van der Waals surface area contributed by atoms with Gasteiger partial charge in [-0.3, -0.25) is 4.98 Å². The second-order valence-electron chi connectivity index (χ2n) is 5.67. The fourth-order valence-electron chi connectivity index (χ4n) is 2.31. The van der Waals surface area contributed by atoms with E-state index in [0.29, 0.717) is 38.3 Å². The maximum Gasteiger partial charge on any atom is 0.349 e. The summed E-state index contributed by atoms with van der Waals surface area (Å²) in [5.41, 5.74) is 1.66. The maximum atomic E-state index is 11.9. The molecule has 0 fully saturated rings. The first-order chi connectivity index (χ1) is 13.6. The Morgan fingerprint density at radius 1 is 0.929 bits per heavy atom. The molecular formula is C19H18ClN3O3S2. The summed E-state index contributed by atoms with van der Waals surface area (Å²) >= 11 is 8.72. The highest BCUT2D eigenvalue weighted by atomic mass is 35.5. The van der Waals surface area contributed by atoms with Gasteiger partial charge in [-0.05, 0) is 35.4 Å². The molecule has 6 nitrogen and oxygen atoms in total. The fraction of sp³-hybridized carbons (Fsp3) is 0.211. The number of H-pyrrole nitrogens is 1. The molecule has 1 aromatic heterocycles. The normalized spacial score (nSPS) is 10.7. The molecule has 146 valence electrons. The number of aromatic amines is 1. The van der Waals surface area contributed by atoms with E-state index in [9.17, 15) is 4.79 Å². The lowest BCUT2D eigenvalue weighted by atomic mass is 10.2. The number of benzene rings is 2. The number of ether oxygens (including phenoxy) is 2. The van der Waals surface area contributed by atoms with Gasteiger partial charge in [-0.15, -0.1) is 0 Å². The van der Waals surface area contributed by atoms with Crippen molar-refractivity contribution in [3.05, 3.63) is 69.1 Å². The Bertz CT molecular complexity index is 974. The van der Waals surface area contributed by atoms with Crippen LogP contribution in [-0.2, 0) is 11.5 Å². The molecule has 0 bridgehead atoms. The summed E-state index contributed by atoms with van der Waals surface area (Å²) in [6.07, 6.45) is 0. The van der Waals surface area contributed by atoms with Gasteiger partial charge < -0.3 is 9.47 Å². The summed E-state index contributed by atoms with van der Waals surface area (Å²) < 4.78 is 10.6. The Hall–Kier alpha value is -2.16. The van der Waals surface area contributed by atoms with Gasteiger partial charge in [0.25, 0.3) is 0 Å². The van der Waals surface area contributed by atoms with Gasteiger partial charge in [-0.25, -0.2) is 4.79 Å². The third kappa shape index (κ3) is 5.92. The van der Waals surface area contributed by atoms with E-state index in [1.165, 1.54) is 23.5 Å². The summed E-state index contributed by atoms with van der Waals surface area (Å²) in [6, 6.07) is 13.2. The molecular weight excluding hydrogens is 418 g/mol. The minimum absolute atomic E-state index is 0.417. The number of nitrogens with one attached hydrogen (secondary N) is 1. The van der Waals surface area contributed by atoms with Crippen molar-refractivity contribution in [1.29, 1.82) is 0 Å². The SMILES string of the molecule is COc1cc(CSc2nc(SCc3ccc(Cl)cc3)[nH]c(=O)n2)cc(OC)c1. The first kappa shape index (κ1) is 20.6. The van der Waals surface area contributed by atoms with Crippen molar-refractivity contribution in [3.8, 4) is 11.5 Å². The van der Waals surface area contributed by atoms with Crippen molar-refractivity contribution in [2.24, 2.45) is 0 Å². The fourth-order valence-corrected chi connectivity index (χ4v) is 4.06. The monoisotopic (exact) mass is 435 g/mol. The molecule has 3 rings (SSSR count). The summed E-state index contributed by atoms with van der Waals surface area (Å²) in [5.74, 6) is 2.67. The average molecular weight is 436 g/mol. The van der Waals surface area contributed by atoms with Crippen molar-refractivity contribution >= 4 is 35.1 Å². The van der Waals surface area contributed by atoms with E-state index in [1.54, 1.807) is 14.2 Å².